The molecule has 110 valence electrons. The van der Waals surface area contributed by atoms with E-state index in [1.807, 2.05) is 37.3 Å². The van der Waals surface area contributed by atoms with Crippen LogP contribution in [0.1, 0.15) is 11.1 Å². The van der Waals surface area contributed by atoms with Crippen LogP contribution in [0.5, 0.6) is 0 Å². The van der Waals surface area contributed by atoms with E-state index in [0.29, 0.717) is 6.42 Å². The van der Waals surface area contributed by atoms with Crippen LogP contribution < -0.4 is 0 Å². The largest absolute Gasteiger partial charge is 0.219 e. The fraction of sp³-hybridized carbons (Fsp3) is 0.176. The Balaban J connectivity index is 2.07. The molecular formula is C17H17ClO2S. The number of hydrogen-bond acceptors (Lipinski definition) is 2. The summed E-state index contributed by atoms with van der Waals surface area (Å²) in [5.74, 6) is 0. The number of benzene rings is 2. The summed E-state index contributed by atoms with van der Waals surface area (Å²) in [5, 5.41) is 0.839. The van der Waals surface area contributed by atoms with E-state index in [4.69, 9.17) is 11.6 Å². The molecule has 0 N–H and O–H groups in total. The third kappa shape index (κ3) is 4.73. The Morgan fingerprint density at radius 2 is 1.67 bits per heavy atom. The number of halogens is 1. The molecule has 0 amide bonds. The monoisotopic (exact) mass is 320 g/mol. The summed E-state index contributed by atoms with van der Waals surface area (Å²) in [6, 6.07) is 16.5. The molecule has 0 aromatic heterocycles. The van der Waals surface area contributed by atoms with E-state index in [1.54, 1.807) is 24.3 Å². The highest BCUT2D eigenvalue weighted by Gasteiger charge is 2.11. The molecule has 0 spiro atoms. The Bertz CT molecular complexity index is 704. The molecule has 2 rings (SSSR count). The van der Waals surface area contributed by atoms with Crippen molar-refractivity contribution in [2.45, 2.75) is 23.6 Å². The van der Waals surface area contributed by atoms with Gasteiger partial charge in [-0.25, -0.2) is 8.42 Å². The van der Waals surface area contributed by atoms with Crippen molar-refractivity contribution in [1.82, 2.24) is 0 Å². The second-order valence-corrected chi connectivity index (χ2v) is 7.29. The van der Waals surface area contributed by atoms with Crippen molar-refractivity contribution < 1.29 is 8.42 Å². The zero-order valence-corrected chi connectivity index (χ0v) is 13.3. The molecule has 0 bridgehead atoms. The van der Waals surface area contributed by atoms with Crippen molar-refractivity contribution in [2.75, 3.05) is 0 Å². The first-order valence-corrected chi connectivity index (χ1v) is 8.63. The maximum atomic E-state index is 12.2. The highest BCUT2D eigenvalue weighted by atomic mass is 35.5. The van der Waals surface area contributed by atoms with E-state index in [1.165, 1.54) is 11.5 Å². The first-order valence-electron chi connectivity index (χ1n) is 6.65. The van der Waals surface area contributed by atoms with Crippen LogP contribution in [0.4, 0.5) is 0 Å². The van der Waals surface area contributed by atoms with Gasteiger partial charge in [0.1, 0.15) is 0 Å². The van der Waals surface area contributed by atoms with Gasteiger partial charge in [-0.05, 0) is 31.0 Å². The standard InChI is InChI=1S/C17H17ClO2S/c1-14-7-9-17(10-8-14)21(19,20)12-11-16(18)13-15-5-3-2-4-6-15/h2-12,16H,13H2,1H3. The molecule has 0 aliphatic heterocycles. The predicted molar refractivity (Wildman–Crippen MR) is 87.3 cm³/mol. The number of aryl methyl sites for hydroxylation is 1. The van der Waals surface area contributed by atoms with E-state index in [2.05, 4.69) is 0 Å². The van der Waals surface area contributed by atoms with Gasteiger partial charge in [-0.15, -0.1) is 11.6 Å². The van der Waals surface area contributed by atoms with Crippen LogP contribution >= 0.6 is 11.6 Å². The molecule has 1 atom stereocenters. The normalized spacial score (nSPS) is 13.4. The van der Waals surface area contributed by atoms with E-state index in [0.717, 1.165) is 11.1 Å². The third-order valence-corrected chi connectivity index (χ3v) is 4.83. The molecule has 2 aromatic carbocycles. The highest BCUT2D eigenvalue weighted by molar-refractivity contribution is 7.94. The summed E-state index contributed by atoms with van der Waals surface area (Å²) in [5.41, 5.74) is 2.10. The van der Waals surface area contributed by atoms with Crippen LogP contribution in [0.25, 0.3) is 0 Å². The minimum absolute atomic E-state index is 0.285. The molecule has 0 saturated carbocycles. The third-order valence-electron chi connectivity index (χ3n) is 3.09. The number of sulfone groups is 1. The number of alkyl halides is 1. The molecule has 1 unspecified atom stereocenters. The topological polar surface area (TPSA) is 34.1 Å². The van der Waals surface area contributed by atoms with Gasteiger partial charge in [0.25, 0.3) is 0 Å². The fourth-order valence-corrected chi connectivity index (χ4v) is 3.31. The number of rotatable bonds is 5. The second kappa shape index (κ2) is 6.92. The van der Waals surface area contributed by atoms with Crippen molar-refractivity contribution in [3.63, 3.8) is 0 Å². The zero-order valence-electron chi connectivity index (χ0n) is 11.7. The lowest BCUT2D eigenvalue weighted by Gasteiger charge is -2.05. The van der Waals surface area contributed by atoms with Crippen molar-refractivity contribution in [2.24, 2.45) is 0 Å². The zero-order chi connectivity index (χ0) is 15.3. The summed E-state index contributed by atoms with van der Waals surface area (Å²) >= 11 is 6.18. The lowest BCUT2D eigenvalue weighted by atomic mass is 10.1. The predicted octanol–water partition coefficient (Wildman–Crippen LogP) is 4.13. The molecule has 21 heavy (non-hydrogen) atoms. The van der Waals surface area contributed by atoms with Gasteiger partial charge in [0.2, 0.25) is 0 Å². The lowest BCUT2D eigenvalue weighted by Crippen LogP contribution is -2.02. The van der Waals surface area contributed by atoms with Crippen LogP contribution in [0.15, 0.2) is 71.0 Å². The maximum absolute atomic E-state index is 12.2. The Kier molecular flexibility index (Phi) is 5.21. The summed E-state index contributed by atoms with van der Waals surface area (Å²) < 4.78 is 24.3. The van der Waals surface area contributed by atoms with Crippen molar-refractivity contribution in [3.8, 4) is 0 Å². The van der Waals surface area contributed by atoms with Crippen LogP contribution in [0.3, 0.4) is 0 Å². The number of allylic oxidation sites excluding steroid dienone is 1. The van der Waals surface area contributed by atoms with Gasteiger partial charge in [-0.3, -0.25) is 0 Å². The van der Waals surface area contributed by atoms with Crippen molar-refractivity contribution >= 4 is 21.4 Å². The summed E-state index contributed by atoms with van der Waals surface area (Å²) in [7, 11) is -3.43. The molecule has 0 aliphatic carbocycles. The second-order valence-electron chi connectivity index (χ2n) is 4.89. The molecular weight excluding hydrogens is 304 g/mol. The van der Waals surface area contributed by atoms with Gasteiger partial charge in [0, 0.05) is 5.41 Å². The van der Waals surface area contributed by atoms with Crippen LogP contribution in [-0.2, 0) is 16.3 Å². The van der Waals surface area contributed by atoms with Gasteiger partial charge in [0.05, 0.1) is 10.3 Å². The van der Waals surface area contributed by atoms with Crippen molar-refractivity contribution in [3.05, 3.63) is 77.2 Å². The molecule has 0 fully saturated rings. The highest BCUT2D eigenvalue weighted by Crippen LogP contribution is 2.15. The van der Waals surface area contributed by atoms with Gasteiger partial charge in [0.15, 0.2) is 9.84 Å². The van der Waals surface area contributed by atoms with Gasteiger partial charge >= 0.3 is 0 Å². The molecule has 2 nitrogen and oxygen atoms in total. The first kappa shape index (κ1) is 15.8. The molecule has 0 heterocycles. The fourth-order valence-electron chi connectivity index (χ4n) is 1.90. The van der Waals surface area contributed by atoms with Gasteiger partial charge in [-0.2, -0.15) is 0 Å². The SMILES string of the molecule is Cc1ccc(S(=O)(=O)C=CC(Cl)Cc2ccccc2)cc1. The molecule has 2 aromatic rings. The van der Waals surface area contributed by atoms with Crippen LogP contribution in [0.2, 0.25) is 0 Å². The van der Waals surface area contributed by atoms with Crippen LogP contribution in [-0.4, -0.2) is 13.8 Å². The van der Waals surface area contributed by atoms with E-state index < -0.39 is 9.84 Å². The quantitative estimate of drug-likeness (QED) is 0.776. The van der Waals surface area contributed by atoms with Gasteiger partial charge in [-0.1, -0.05) is 54.1 Å². The van der Waals surface area contributed by atoms with E-state index >= 15 is 0 Å². The van der Waals surface area contributed by atoms with E-state index in [9.17, 15) is 8.42 Å². The Labute approximate surface area is 131 Å². The first-order chi connectivity index (χ1) is 9.97. The average Bonchev–Trinajstić information content (AvgIpc) is 2.47. The lowest BCUT2D eigenvalue weighted by molar-refractivity contribution is 0.604. The maximum Gasteiger partial charge on any atom is 0.199 e. The minimum atomic E-state index is -3.43. The Morgan fingerprint density at radius 3 is 2.29 bits per heavy atom. The molecule has 0 saturated heterocycles. The van der Waals surface area contributed by atoms with Crippen molar-refractivity contribution in [1.29, 1.82) is 0 Å². The average molecular weight is 321 g/mol. The Morgan fingerprint density at radius 1 is 1.05 bits per heavy atom. The van der Waals surface area contributed by atoms with Gasteiger partial charge < -0.3 is 0 Å². The van der Waals surface area contributed by atoms with E-state index in [-0.39, 0.29) is 10.3 Å². The molecule has 0 radical (unpaired) electrons. The molecule has 0 aliphatic rings. The summed E-state index contributed by atoms with van der Waals surface area (Å²) in [4.78, 5) is 0.285. The smallest absolute Gasteiger partial charge is 0.199 e. The summed E-state index contributed by atoms with van der Waals surface area (Å²) in [6.07, 6.45) is 2.13. The minimum Gasteiger partial charge on any atom is -0.219 e. The van der Waals surface area contributed by atoms with Crippen LogP contribution in [0, 0.1) is 6.92 Å². The number of hydrogen-bond donors (Lipinski definition) is 0. The Hall–Kier alpha value is -1.58. The molecule has 4 heteroatoms. The summed E-state index contributed by atoms with van der Waals surface area (Å²) in [6.45, 7) is 1.92.